The second kappa shape index (κ2) is 10.8. The van der Waals surface area contributed by atoms with Crippen molar-refractivity contribution in [3.63, 3.8) is 0 Å². The Morgan fingerprint density at radius 3 is 2.69 bits per heavy atom. The van der Waals surface area contributed by atoms with Gasteiger partial charge in [0.2, 0.25) is 12.7 Å². The minimum Gasteiger partial charge on any atom is -0.496 e. The molecule has 2 aliphatic rings. The second-order valence-corrected chi connectivity index (χ2v) is 9.28. The quantitative estimate of drug-likeness (QED) is 0.619. The van der Waals surface area contributed by atoms with Crippen LogP contribution in [0.1, 0.15) is 48.3 Å². The van der Waals surface area contributed by atoms with E-state index in [0.717, 1.165) is 17.7 Å². The van der Waals surface area contributed by atoms with Crippen LogP contribution in [-0.2, 0) is 24.2 Å². The van der Waals surface area contributed by atoms with Crippen LogP contribution in [0.25, 0.3) is 0 Å². The number of carbonyl (C=O) groups excluding carboxylic acids is 2. The number of nitrogens with zero attached hydrogens (tertiary/aromatic N) is 2. The summed E-state index contributed by atoms with van der Waals surface area (Å²) in [7, 11) is 1.46. The van der Waals surface area contributed by atoms with Gasteiger partial charge in [0.05, 0.1) is 7.11 Å². The van der Waals surface area contributed by atoms with Gasteiger partial charge in [-0.15, -0.1) is 0 Å². The van der Waals surface area contributed by atoms with Crippen LogP contribution in [-0.4, -0.2) is 54.8 Å². The van der Waals surface area contributed by atoms with Crippen molar-refractivity contribution in [1.29, 1.82) is 0 Å². The van der Waals surface area contributed by atoms with E-state index in [1.54, 1.807) is 9.47 Å². The molecule has 0 fully saturated rings. The summed E-state index contributed by atoms with van der Waals surface area (Å²) < 4.78 is 17.8. The molecule has 0 spiro atoms. The Hall–Kier alpha value is -3.49. The van der Waals surface area contributed by atoms with Crippen molar-refractivity contribution in [2.45, 2.75) is 46.1 Å². The van der Waals surface area contributed by atoms with Crippen molar-refractivity contribution < 1.29 is 23.8 Å². The fraction of sp³-hybridized carbons (Fsp3) is 0.500. The summed E-state index contributed by atoms with van der Waals surface area (Å²) in [5.74, 6) is 1.91. The van der Waals surface area contributed by atoms with Crippen molar-refractivity contribution in [1.82, 2.24) is 14.8 Å². The predicted octanol–water partition coefficient (Wildman–Crippen LogP) is 2.38. The maximum Gasteiger partial charge on any atom is 0.256 e. The maximum absolute atomic E-state index is 13.1. The molecule has 0 unspecified atom stereocenters. The third kappa shape index (κ3) is 5.61. The van der Waals surface area contributed by atoms with Gasteiger partial charge in [-0.1, -0.05) is 19.9 Å². The molecule has 0 saturated carbocycles. The molecule has 2 amide bonds. The zero-order chi connectivity index (χ0) is 24.9. The largest absolute Gasteiger partial charge is 0.496 e. The molecule has 3 heterocycles. The number of aromatic nitrogens is 1. The highest BCUT2D eigenvalue weighted by Crippen LogP contribution is 2.33. The Kier molecular flexibility index (Phi) is 7.63. The molecular weight excluding hydrogens is 450 g/mol. The first-order valence-corrected chi connectivity index (χ1v) is 12.1. The fourth-order valence-corrected chi connectivity index (χ4v) is 4.47. The number of hydrogen-bond acceptors (Lipinski definition) is 6. The summed E-state index contributed by atoms with van der Waals surface area (Å²) >= 11 is 0. The summed E-state index contributed by atoms with van der Waals surface area (Å²) in [5, 5.41) is 2.95. The molecule has 2 aliphatic heterocycles. The Balaban J connectivity index is 1.45. The van der Waals surface area contributed by atoms with E-state index in [0.29, 0.717) is 68.4 Å². The predicted molar refractivity (Wildman–Crippen MR) is 130 cm³/mol. The van der Waals surface area contributed by atoms with Crippen molar-refractivity contribution >= 4 is 11.8 Å². The number of benzene rings is 1. The fourth-order valence-electron chi connectivity index (χ4n) is 4.47. The second-order valence-electron chi connectivity index (χ2n) is 9.28. The number of pyridine rings is 1. The Labute approximate surface area is 205 Å². The number of carbonyl (C=O) groups is 2. The molecule has 1 aromatic carbocycles. The van der Waals surface area contributed by atoms with Crippen molar-refractivity contribution in [2.24, 2.45) is 5.92 Å². The lowest BCUT2D eigenvalue weighted by atomic mass is 10.1. The molecule has 0 aliphatic carbocycles. The highest BCUT2D eigenvalue weighted by atomic mass is 16.7. The van der Waals surface area contributed by atoms with Gasteiger partial charge in [0.25, 0.3) is 11.5 Å². The average molecular weight is 484 g/mol. The van der Waals surface area contributed by atoms with E-state index in [1.807, 2.05) is 18.2 Å². The molecule has 9 heteroatoms. The number of methoxy groups -OCH3 is 1. The number of rotatable bonds is 8. The molecule has 188 valence electrons. The van der Waals surface area contributed by atoms with Crippen LogP contribution < -0.4 is 25.1 Å². The average Bonchev–Trinajstić information content (AvgIpc) is 3.19. The number of amides is 2. The van der Waals surface area contributed by atoms with Crippen LogP contribution in [0.5, 0.6) is 17.2 Å². The van der Waals surface area contributed by atoms with E-state index in [9.17, 15) is 14.4 Å². The van der Waals surface area contributed by atoms with Crippen LogP contribution >= 0.6 is 0 Å². The van der Waals surface area contributed by atoms with Crippen LogP contribution in [0.2, 0.25) is 0 Å². The van der Waals surface area contributed by atoms with Crippen LogP contribution in [0.4, 0.5) is 0 Å². The molecule has 35 heavy (non-hydrogen) atoms. The van der Waals surface area contributed by atoms with Gasteiger partial charge in [0.15, 0.2) is 11.5 Å². The topological polar surface area (TPSA) is 99.1 Å². The molecule has 1 N–H and O–H groups in total. The van der Waals surface area contributed by atoms with Gasteiger partial charge in [0.1, 0.15) is 11.3 Å². The first-order valence-electron chi connectivity index (χ1n) is 12.1. The van der Waals surface area contributed by atoms with Gasteiger partial charge in [-0.2, -0.15) is 0 Å². The standard InChI is InChI=1S/C26H33N3O6/c1-17(2)8-10-27-26(32)25-19-9-11-28(12-13-29(19)24(31)15-22(25)33-3)23(30)7-5-18-4-6-20-21(14-18)35-16-34-20/h4,6,14-15,17H,5,7-13,16H2,1-3H3,(H,27,32). The number of nitrogens with one attached hydrogen (secondary N) is 1. The summed E-state index contributed by atoms with van der Waals surface area (Å²) in [6.45, 7) is 6.13. The number of aryl methyl sites for hydroxylation is 1. The Morgan fingerprint density at radius 1 is 1.11 bits per heavy atom. The summed E-state index contributed by atoms with van der Waals surface area (Å²) in [6, 6.07) is 7.06. The van der Waals surface area contributed by atoms with E-state index in [1.165, 1.54) is 13.2 Å². The zero-order valence-corrected chi connectivity index (χ0v) is 20.6. The van der Waals surface area contributed by atoms with Crippen LogP contribution in [0.3, 0.4) is 0 Å². The molecule has 0 saturated heterocycles. The lowest BCUT2D eigenvalue weighted by Crippen LogP contribution is -2.34. The molecule has 1 aromatic heterocycles. The van der Waals surface area contributed by atoms with E-state index in [2.05, 4.69) is 19.2 Å². The summed E-state index contributed by atoms with van der Waals surface area (Å²) in [4.78, 5) is 40.6. The van der Waals surface area contributed by atoms with Gasteiger partial charge in [-0.05, 0) is 36.5 Å². The van der Waals surface area contributed by atoms with Gasteiger partial charge < -0.3 is 29.0 Å². The van der Waals surface area contributed by atoms with Crippen LogP contribution in [0, 0.1) is 5.92 Å². The van der Waals surface area contributed by atoms with Gasteiger partial charge in [-0.25, -0.2) is 0 Å². The first-order chi connectivity index (χ1) is 16.9. The first kappa shape index (κ1) is 24.6. The highest BCUT2D eigenvalue weighted by molar-refractivity contribution is 5.98. The van der Waals surface area contributed by atoms with Crippen LogP contribution in [0.15, 0.2) is 29.1 Å². The minimum absolute atomic E-state index is 0.0124. The van der Waals surface area contributed by atoms with E-state index >= 15 is 0 Å². The van der Waals surface area contributed by atoms with Crippen molar-refractivity contribution in [3.05, 3.63) is 51.4 Å². The molecule has 9 nitrogen and oxygen atoms in total. The van der Waals surface area contributed by atoms with Crippen molar-refractivity contribution in [3.8, 4) is 17.2 Å². The lowest BCUT2D eigenvalue weighted by Gasteiger charge is -2.20. The third-order valence-corrected chi connectivity index (χ3v) is 6.46. The van der Waals surface area contributed by atoms with Crippen molar-refractivity contribution in [2.75, 3.05) is 33.5 Å². The summed E-state index contributed by atoms with van der Waals surface area (Å²) in [5.41, 5.74) is 1.76. The van der Waals surface area contributed by atoms with Gasteiger partial charge in [0, 0.05) is 50.8 Å². The molecule has 0 radical (unpaired) electrons. The SMILES string of the molecule is COc1cc(=O)n2c(c1C(=O)NCCC(C)C)CCN(C(=O)CCc1ccc3c(c1)OCO3)CC2. The molecule has 0 bridgehead atoms. The number of fused-ring (bicyclic) bond motifs is 2. The highest BCUT2D eigenvalue weighted by Gasteiger charge is 2.26. The molecule has 0 atom stereocenters. The Morgan fingerprint density at radius 2 is 1.91 bits per heavy atom. The van der Waals surface area contributed by atoms with E-state index in [-0.39, 0.29) is 29.9 Å². The molecule has 2 aromatic rings. The minimum atomic E-state index is -0.256. The number of hydrogen-bond donors (Lipinski definition) is 1. The monoisotopic (exact) mass is 483 g/mol. The molecule has 4 rings (SSSR count). The van der Waals surface area contributed by atoms with E-state index < -0.39 is 0 Å². The maximum atomic E-state index is 13.1. The number of ether oxygens (including phenoxy) is 3. The summed E-state index contributed by atoms with van der Waals surface area (Å²) in [6.07, 6.45) is 2.18. The van der Waals surface area contributed by atoms with Gasteiger partial charge in [-0.3, -0.25) is 14.4 Å². The molecular formula is C26H33N3O6. The van der Waals surface area contributed by atoms with E-state index in [4.69, 9.17) is 14.2 Å². The normalized spacial score (nSPS) is 14.5. The van der Waals surface area contributed by atoms with Gasteiger partial charge >= 0.3 is 0 Å². The Bertz CT molecular complexity index is 1160. The smallest absolute Gasteiger partial charge is 0.256 e. The third-order valence-electron chi connectivity index (χ3n) is 6.46. The lowest BCUT2D eigenvalue weighted by molar-refractivity contribution is -0.131. The zero-order valence-electron chi connectivity index (χ0n) is 20.6.